The molecule has 0 aliphatic carbocycles. The fraction of sp³-hybridized carbons (Fsp3) is 0.571. The molecule has 0 saturated carbocycles. The van der Waals surface area contributed by atoms with Crippen LogP contribution in [0.3, 0.4) is 0 Å². The van der Waals surface area contributed by atoms with Gasteiger partial charge < -0.3 is 5.32 Å². The van der Waals surface area contributed by atoms with Crippen LogP contribution in [0.2, 0.25) is 0 Å². The van der Waals surface area contributed by atoms with Crippen LogP contribution in [0, 0.1) is 5.92 Å². The van der Waals surface area contributed by atoms with Crippen LogP contribution in [0.25, 0.3) is 0 Å². The van der Waals surface area contributed by atoms with E-state index in [1.807, 2.05) is 0 Å². The van der Waals surface area contributed by atoms with E-state index in [0.717, 1.165) is 5.92 Å². The van der Waals surface area contributed by atoms with E-state index < -0.39 is 0 Å². The molecule has 3 saturated heterocycles. The van der Waals surface area contributed by atoms with Crippen molar-refractivity contribution in [1.82, 2.24) is 4.90 Å². The van der Waals surface area contributed by atoms with Crippen LogP contribution in [0.4, 0.5) is 5.69 Å². The Kier molecular flexibility index (Phi) is 2.60. The molecule has 0 aromatic heterocycles. The summed E-state index contributed by atoms with van der Waals surface area (Å²) in [5.74, 6) is 0.875. The summed E-state index contributed by atoms with van der Waals surface area (Å²) in [6, 6.07) is 12.0. The standard InChI is InChI=1S/C14H20N2/c1-11-14(12-7-9-16(11)10-8-12)15-13-5-3-2-4-6-13/h2-6,11-12,14-15H,7-10H2,1H3/t11?,14-/m0/s1. The zero-order chi connectivity index (χ0) is 11.0. The Bertz CT molecular complexity index is 339. The van der Waals surface area contributed by atoms with Gasteiger partial charge in [0, 0.05) is 17.8 Å². The van der Waals surface area contributed by atoms with E-state index in [1.165, 1.54) is 31.6 Å². The predicted octanol–water partition coefficient (Wildman–Crippen LogP) is 2.58. The molecule has 1 aromatic carbocycles. The number of hydrogen-bond donors (Lipinski definition) is 1. The lowest BCUT2D eigenvalue weighted by molar-refractivity contribution is 0.0458. The van der Waals surface area contributed by atoms with Gasteiger partial charge in [0.25, 0.3) is 0 Å². The molecule has 86 valence electrons. The minimum Gasteiger partial charge on any atom is -0.380 e. The van der Waals surface area contributed by atoms with E-state index >= 15 is 0 Å². The van der Waals surface area contributed by atoms with Crippen molar-refractivity contribution < 1.29 is 0 Å². The molecule has 3 fully saturated rings. The Morgan fingerprint density at radius 1 is 1.12 bits per heavy atom. The minimum atomic E-state index is 0.643. The average molecular weight is 216 g/mol. The summed E-state index contributed by atoms with van der Waals surface area (Å²) in [6.07, 6.45) is 2.74. The van der Waals surface area contributed by atoms with E-state index in [0.29, 0.717) is 12.1 Å². The van der Waals surface area contributed by atoms with Gasteiger partial charge >= 0.3 is 0 Å². The molecule has 0 radical (unpaired) electrons. The van der Waals surface area contributed by atoms with Gasteiger partial charge in [-0.05, 0) is 50.9 Å². The fourth-order valence-corrected chi connectivity index (χ4v) is 3.27. The SMILES string of the molecule is CC1[C@H](Nc2ccccc2)C2CCN1CC2. The molecule has 2 atom stereocenters. The van der Waals surface area contributed by atoms with Gasteiger partial charge in [-0.15, -0.1) is 0 Å². The number of rotatable bonds is 2. The van der Waals surface area contributed by atoms with Crippen LogP contribution in [-0.4, -0.2) is 30.1 Å². The molecular formula is C14H20N2. The number of fused-ring (bicyclic) bond motifs is 3. The molecule has 0 spiro atoms. The van der Waals surface area contributed by atoms with Crippen molar-refractivity contribution in [2.45, 2.75) is 31.8 Å². The van der Waals surface area contributed by atoms with Crippen LogP contribution in [0.5, 0.6) is 0 Å². The molecule has 3 aliphatic heterocycles. The topological polar surface area (TPSA) is 15.3 Å². The highest BCUT2D eigenvalue weighted by molar-refractivity contribution is 5.44. The summed E-state index contributed by atoms with van der Waals surface area (Å²) in [5, 5.41) is 3.72. The smallest absolute Gasteiger partial charge is 0.0443 e. The van der Waals surface area contributed by atoms with Crippen LogP contribution < -0.4 is 5.32 Å². The Hall–Kier alpha value is -1.02. The molecule has 4 rings (SSSR count). The predicted molar refractivity (Wildman–Crippen MR) is 67.6 cm³/mol. The maximum atomic E-state index is 3.72. The Morgan fingerprint density at radius 3 is 2.44 bits per heavy atom. The molecule has 3 heterocycles. The van der Waals surface area contributed by atoms with Crippen molar-refractivity contribution in [2.75, 3.05) is 18.4 Å². The summed E-state index contributed by atoms with van der Waals surface area (Å²) in [4.78, 5) is 2.63. The highest BCUT2D eigenvalue weighted by Gasteiger charge is 2.39. The summed E-state index contributed by atoms with van der Waals surface area (Å²) >= 11 is 0. The van der Waals surface area contributed by atoms with E-state index in [1.54, 1.807) is 0 Å². The van der Waals surface area contributed by atoms with Crippen molar-refractivity contribution in [1.29, 1.82) is 0 Å². The van der Waals surface area contributed by atoms with Gasteiger partial charge in [-0.25, -0.2) is 0 Å². The number of piperidine rings is 3. The van der Waals surface area contributed by atoms with Gasteiger partial charge in [0.2, 0.25) is 0 Å². The van der Waals surface area contributed by atoms with Crippen LogP contribution in [0.15, 0.2) is 30.3 Å². The van der Waals surface area contributed by atoms with Crippen molar-refractivity contribution in [3.8, 4) is 0 Å². The zero-order valence-electron chi connectivity index (χ0n) is 9.89. The number of hydrogen-bond acceptors (Lipinski definition) is 2. The molecule has 1 N–H and O–H groups in total. The van der Waals surface area contributed by atoms with Crippen LogP contribution in [0.1, 0.15) is 19.8 Å². The molecule has 2 nitrogen and oxygen atoms in total. The van der Waals surface area contributed by atoms with Crippen molar-refractivity contribution in [3.63, 3.8) is 0 Å². The molecule has 2 heteroatoms. The quantitative estimate of drug-likeness (QED) is 0.817. The number of para-hydroxylation sites is 1. The Balaban J connectivity index is 1.75. The first-order chi connectivity index (χ1) is 7.84. The third kappa shape index (κ3) is 1.71. The summed E-state index contributed by atoms with van der Waals surface area (Å²) in [5.41, 5.74) is 1.27. The highest BCUT2D eigenvalue weighted by atomic mass is 15.2. The molecule has 1 aromatic rings. The zero-order valence-corrected chi connectivity index (χ0v) is 9.89. The number of benzene rings is 1. The van der Waals surface area contributed by atoms with Crippen molar-refractivity contribution in [3.05, 3.63) is 30.3 Å². The molecule has 1 unspecified atom stereocenters. The maximum absolute atomic E-state index is 3.72. The van der Waals surface area contributed by atoms with Crippen molar-refractivity contribution >= 4 is 5.69 Å². The van der Waals surface area contributed by atoms with Gasteiger partial charge in [0.15, 0.2) is 0 Å². The second kappa shape index (κ2) is 4.10. The largest absolute Gasteiger partial charge is 0.380 e. The van der Waals surface area contributed by atoms with Gasteiger partial charge in [-0.2, -0.15) is 0 Å². The van der Waals surface area contributed by atoms with Gasteiger partial charge in [0.05, 0.1) is 0 Å². The second-order valence-corrected chi connectivity index (χ2v) is 5.15. The van der Waals surface area contributed by atoms with E-state index in [-0.39, 0.29) is 0 Å². The monoisotopic (exact) mass is 216 g/mol. The highest BCUT2D eigenvalue weighted by Crippen LogP contribution is 2.33. The fourth-order valence-electron chi connectivity index (χ4n) is 3.27. The summed E-state index contributed by atoms with van der Waals surface area (Å²) in [6.45, 7) is 4.98. The molecule has 3 aliphatic rings. The minimum absolute atomic E-state index is 0.643. The Labute approximate surface area is 97.6 Å². The van der Waals surface area contributed by atoms with Gasteiger partial charge in [0.1, 0.15) is 0 Å². The van der Waals surface area contributed by atoms with Gasteiger partial charge in [-0.3, -0.25) is 4.90 Å². The summed E-state index contributed by atoms with van der Waals surface area (Å²) < 4.78 is 0. The average Bonchev–Trinajstić information content (AvgIpc) is 2.36. The van der Waals surface area contributed by atoms with Gasteiger partial charge in [-0.1, -0.05) is 18.2 Å². The van der Waals surface area contributed by atoms with E-state index in [4.69, 9.17) is 0 Å². The van der Waals surface area contributed by atoms with Crippen LogP contribution >= 0.6 is 0 Å². The van der Waals surface area contributed by atoms with E-state index in [2.05, 4.69) is 47.5 Å². The molecular weight excluding hydrogens is 196 g/mol. The maximum Gasteiger partial charge on any atom is 0.0443 e. The van der Waals surface area contributed by atoms with E-state index in [9.17, 15) is 0 Å². The normalized spacial score (nSPS) is 37.3. The number of nitrogens with zero attached hydrogens (tertiary/aromatic N) is 1. The first-order valence-electron chi connectivity index (χ1n) is 6.40. The number of anilines is 1. The Morgan fingerprint density at radius 2 is 1.81 bits per heavy atom. The first-order valence-corrected chi connectivity index (χ1v) is 6.40. The number of nitrogens with one attached hydrogen (secondary N) is 1. The lowest BCUT2D eigenvalue weighted by atomic mass is 9.79. The third-order valence-electron chi connectivity index (χ3n) is 4.28. The molecule has 0 amide bonds. The second-order valence-electron chi connectivity index (χ2n) is 5.15. The molecule has 16 heavy (non-hydrogen) atoms. The summed E-state index contributed by atoms with van der Waals surface area (Å²) in [7, 11) is 0. The van der Waals surface area contributed by atoms with Crippen LogP contribution in [-0.2, 0) is 0 Å². The first kappa shape index (κ1) is 10.2. The lowest BCUT2D eigenvalue weighted by Crippen LogP contribution is -2.59. The van der Waals surface area contributed by atoms with Crippen molar-refractivity contribution in [2.24, 2.45) is 5.92 Å². The molecule has 2 bridgehead atoms. The third-order valence-corrected chi connectivity index (χ3v) is 4.28. The lowest BCUT2D eigenvalue weighted by Gasteiger charge is -2.50.